The van der Waals surface area contributed by atoms with Crippen LogP contribution in [0.5, 0.6) is 5.75 Å². The third kappa shape index (κ3) is 5.61. The first-order valence-corrected chi connectivity index (χ1v) is 11.2. The Bertz CT molecular complexity index is 1110. The number of esters is 1. The number of para-hydroxylation sites is 2. The molecule has 2 amide bonds. The third-order valence-electron chi connectivity index (χ3n) is 5.73. The van der Waals surface area contributed by atoms with Crippen molar-refractivity contribution in [2.24, 2.45) is 11.0 Å². The van der Waals surface area contributed by atoms with E-state index in [0.717, 1.165) is 41.8 Å². The van der Waals surface area contributed by atoms with Crippen LogP contribution in [-0.2, 0) is 22.4 Å². The summed E-state index contributed by atoms with van der Waals surface area (Å²) in [6, 6.07) is 24.5. The van der Waals surface area contributed by atoms with Gasteiger partial charge in [-0.2, -0.15) is 5.10 Å². The Kier molecular flexibility index (Phi) is 7.55. The fourth-order valence-electron chi connectivity index (χ4n) is 4.04. The highest BCUT2D eigenvalue weighted by Crippen LogP contribution is 2.32. The highest BCUT2D eigenvalue weighted by atomic mass is 16.6. The molecule has 0 aromatic heterocycles. The van der Waals surface area contributed by atoms with E-state index in [2.05, 4.69) is 21.3 Å². The Hall–Kier alpha value is -4.13. The average Bonchev–Trinajstić information content (AvgIpc) is 2.88. The molecule has 1 aliphatic carbocycles. The van der Waals surface area contributed by atoms with Crippen LogP contribution in [0.3, 0.4) is 0 Å². The Morgan fingerprint density at radius 2 is 1.68 bits per heavy atom. The van der Waals surface area contributed by atoms with Gasteiger partial charge in [0.05, 0.1) is 18.5 Å². The summed E-state index contributed by atoms with van der Waals surface area (Å²) in [5.41, 5.74) is 6.47. The van der Waals surface area contributed by atoms with Crippen LogP contribution in [0.4, 0.5) is 16.2 Å². The number of ether oxygens (including phenoxy) is 2. The van der Waals surface area contributed by atoms with E-state index >= 15 is 0 Å². The SMILES string of the molecule is COC(=O)COc1cccc2c1CCC(C=NNC(=O)N(c1ccccc1)c1ccccc1)C2. The second-order valence-corrected chi connectivity index (χ2v) is 7.96. The van der Waals surface area contributed by atoms with Gasteiger partial charge >= 0.3 is 12.0 Å². The third-order valence-corrected chi connectivity index (χ3v) is 5.73. The van der Waals surface area contributed by atoms with E-state index in [-0.39, 0.29) is 18.6 Å². The lowest BCUT2D eigenvalue weighted by atomic mass is 9.84. The summed E-state index contributed by atoms with van der Waals surface area (Å²) < 4.78 is 10.3. The lowest BCUT2D eigenvalue weighted by molar-refractivity contribution is -0.142. The van der Waals surface area contributed by atoms with Gasteiger partial charge in [-0.05, 0) is 60.7 Å². The summed E-state index contributed by atoms with van der Waals surface area (Å²) in [6.07, 6.45) is 4.26. The van der Waals surface area contributed by atoms with Gasteiger partial charge in [0.2, 0.25) is 0 Å². The maximum absolute atomic E-state index is 13.0. The maximum atomic E-state index is 13.0. The smallest absolute Gasteiger partial charge is 0.346 e. The lowest BCUT2D eigenvalue weighted by Crippen LogP contribution is -2.34. The van der Waals surface area contributed by atoms with Gasteiger partial charge in [-0.1, -0.05) is 48.5 Å². The van der Waals surface area contributed by atoms with Crippen molar-refractivity contribution in [1.82, 2.24) is 5.43 Å². The Labute approximate surface area is 199 Å². The molecule has 0 fully saturated rings. The number of rotatable bonds is 7. The molecule has 0 saturated carbocycles. The van der Waals surface area contributed by atoms with Crippen molar-refractivity contribution >= 4 is 29.6 Å². The summed E-state index contributed by atoms with van der Waals surface area (Å²) >= 11 is 0. The Balaban J connectivity index is 1.41. The number of anilines is 2. The van der Waals surface area contributed by atoms with Crippen molar-refractivity contribution in [3.8, 4) is 5.75 Å². The molecular formula is C27H27N3O4. The van der Waals surface area contributed by atoms with Gasteiger partial charge < -0.3 is 9.47 Å². The predicted octanol–water partition coefficient (Wildman–Crippen LogP) is 4.88. The minimum absolute atomic E-state index is 0.108. The summed E-state index contributed by atoms with van der Waals surface area (Å²) in [5.74, 6) is 0.493. The fourth-order valence-corrected chi connectivity index (χ4v) is 4.04. The van der Waals surface area contributed by atoms with Crippen molar-refractivity contribution in [3.05, 3.63) is 90.0 Å². The summed E-state index contributed by atoms with van der Waals surface area (Å²) in [7, 11) is 1.34. The van der Waals surface area contributed by atoms with E-state index in [9.17, 15) is 9.59 Å². The quantitative estimate of drug-likeness (QED) is 0.312. The van der Waals surface area contributed by atoms with E-state index in [1.165, 1.54) is 7.11 Å². The normalized spacial score (nSPS) is 14.8. The van der Waals surface area contributed by atoms with Crippen LogP contribution in [0.1, 0.15) is 17.5 Å². The van der Waals surface area contributed by atoms with E-state index < -0.39 is 5.97 Å². The van der Waals surface area contributed by atoms with Gasteiger partial charge in [0.1, 0.15) is 5.75 Å². The number of hydrogen-bond donors (Lipinski definition) is 1. The van der Waals surface area contributed by atoms with Crippen LogP contribution >= 0.6 is 0 Å². The van der Waals surface area contributed by atoms with Crippen molar-refractivity contribution in [2.75, 3.05) is 18.6 Å². The number of hydrazone groups is 1. The monoisotopic (exact) mass is 457 g/mol. The van der Waals surface area contributed by atoms with Crippen molar-refractivity contribution in [1.29, 1.82) is 0 Å². The zero-order valence-electron chi connectivity index (χ0n) is 19.0. The number of carbonyl (C=O) groups excluding carboxylic acids is 2. The molecule has 3 aromatic carbocycles. The van der Waals surface area contributed by atoms with Gasteiger partial charge in [0.25, 0.3) is 0 Å². The fraction of sp³-hybridized carbons (Fsp3) is 0.222. The van der Waals surface area contributed by atoms with Gasteiger partial charge in [0.15, 0.2) is 6.61 Å². The van der Waals surface area contributed by atoms with E-state index in [1.54, 1.807) is 11.1 Å². The number of fused-ring (bicyclic) bond motifs is 1. The van der Waals surface area contributed by atoms with Gasteiger partial charge in [-0.25, -0.2) is 15.0 Å². The minimum atomic E-state index is -0.408. The number of carbonyl (C=O) groups is 2. The van der Waals surface area contributed by atoms with Gasteiger partial charge in [0, 0.05) is 12.1 Å². The van der Waals surface area contributed by atoms with Crippen LogP contribution in [0.15, 0.2) is 84.0 Å². The number of urea groups is 1. The van der Waals surface area contributed by atoms with Crippen molar-refractivity contribution < 1.29 is 19.1 Å². The summed E-state index contributed by atoms with van der Waals surface area (Å²) in [6.45, 7) is -0.108. The molecule has 3 aromatic rings. The predicted molar refractivity (Wildman–Crippen MR) is 132 cm³/mol. The summed E-state index contributed by atoms with van der Waals surface area (Å²) in [4.78, 5) is 26.0. The van der Waals surface area contributed by atoms with Crippen molar-refractivity contribution in [3.63, 3.8) is 0 Å². The molecule has 0 bridgehead atoms. The topological polar surface area (TPSA) is 80.2 Å². The first-order chi connectivity index (χ1) is 16.7. The molecule has 1 unspecified atom stereocenters. The highest BCUT2D eigenvalue weighted by Gasteiger charge is 2.21. The first-order valence-electron chi connectivity index (χ1n) is 11.2. The number of amides is 2. The molecule has 7 heteroatoms. The van der Waals surface area contributed by atoms with Crippen molar-refractivity contribution in [2.45, 2.75) is 19.3 Å². The summed E-state index contributed by atoms with van der Waals surface area (Å²) in [5, 5.41) is 4.27. The standard InChI is InChI=1S/C27H27N3O4/c1-33-26(31)19-34-25-14-8-9-21-17-20(15-16-24(21)25)18-28-29-27(32)30(22-10-4-2-5-11-22)23-12-6-3-7-13-23/h2-14,18,20H,15-17,19H2,1H3,(H,29,32). The molecule has 1 N–H and O–H groups in total. The maximum Gasteiger partial charge on any atom is 0.346 e. The number of nitrogens with one attached hydrogen (secondary N) is 1. The van der Waals surface area contributed by atoms with E-state index in [0.29, 0.717) is 5.75 Å². The highest BCUT2D eigenvalue weighted by molar-refractivity contribution is 5.99. The molecule has 0 radical (unpaired) electrons. The van der Waals surface area contributed by atoms with E-state index in [1.807, 2.05) is 72.8 Å². The largest absolute Gasteiger partial charge is 0.482 e. The molecule has 0 saturated heterocycles. The number of methoxy groups -OCH3 is 1. The Morgan fingerprint density at radius 3 is 2.32 bits per heavy atom. The molecule has 0 heterocycles. The first kappa shape index (κ1) is 23.0. The number of nitrogens with zero attached hydrogens (tertiary/aromatic N) is 2. The van der Waals surface area contributed by atoms with Gasteiger partial charge in [-0.15, -0.1) is 0 Å². The van der Waals surface area contributed by atoms with Crippen LogP contribution < -0.4 is 15.1 Å². The molecule has 7 nitrogen and oxygen atoms in total. The van der Waals surface area contributed by atoms with E-state index in [4.69, 9.17) is 4.74 Å². The second-order valence-electron chi connectivity index (χ2n) is 7.96. The minimum Gasteiger partial charge on any atom is -0.482 e. The van der Waals surface area contributed by atoms with Gasteiger partial charge in [-0.3, -0.25) is 4.90 Å². The van der Waals surface area contributed by atoms with Crippen LogP contribution in [-0.4, -0.2) is 31.9 Å². The molecule has 0 spiro atoms. The van der Waals surface area contributed by atoms with Crippen LogP contribution in [0, 0.1) is 5.92 Å². The molecule has 4 rings (SSSR count). The Morgan fingerprint density at radius 1 is 1.00 bits per heavy atom. The molecule has 1 atom stereocenters. The molecular weight excluding hydrogens is 430 g/mol. The lowest BCUT2D eigenvalue weighted by Gasteiger charge is -2.24. The zero-order valence-corrected chi connectivity index (χ0v) is 19.0. The molecule has 34 heavy (non-hydrogen) atoms. The zero-order chi connectivity index (χ0) is 23.8. The van der Waals surface area contributed by atoms with Crippen LogP contribution in [0.25, 0.3) is 0 Å². The molecule has 1 aliphatic rings. The van der Waals surface area contributed by atoms with Crippen LogP contribution in [0.2, 0.25) is 0 Å². The number of hydrogen-bond acceptors (Lipinski definition) is 5. The molecule has 0 aliphatic heterocycles. The number of benzene rings is 3. The average molecular weight is 458 g/mol. The second kappa shape index (κ2) is 11.1. The molecule has 174 valence electrons.